The van der Waals surface area contributed by atoms with Crippen LogP contribution < -0.4 is 0 Å². The molecule has 0 bridgehead atoms. The molecule has 7 heteroatoms. The van der Waals surface area contributed by atoms with Crippen LogP contribution in [-0.4, -0.2) is 42.9 Å². The summed E-state index contributed by atoms with van der Waals surface area (Å²) in [5.74, 6) is 0.921. The SMILES string of the molecule is C=CCn1c(S[C@@H](C)C(=O)N2[C@H](C)CCC[C@@H]2C)nnc1-c1ccc(Cl)cc1. The molecule has 1 aromatic heterocycles. The number of carbonyl (C=O) groups excluding carboxylic acids is 1. The number of likely N-dealkylation sites (tertiary alicyclic amines) is 1. The number of nitrogens with zero attached hydrogens (tertiary/aromatic N) is 4. The van der Waals surface area contributed by atoms with Gasteiger partial charge in [-0.2, -0.15) is 0 Å². The van der Waals surface area contributed by atoms with Crippen molar-refractivity contribution in [1.82, 2.24) is 19.7 Å². The first-order chi connectivity index (χ1) is 13.4. The fourth-order valence-electron chi connectivity index (χ4n) is 3.76. The zero-order valence-electron chi connectivity index (χ0n) is 16.6. The van der Waals surface area contributed by atoms with E-state index < -0.39 is 0 Å². The molecule has 2 aromatic rings. The van der Waals surface area contributed by atoms with Crippen molar-refractivity contribution in [3.63, 3.8) is 0 Å². The molecule has 1 fully saturated rings. The average Bonchev–Trinajstić information content (AvgIpc) is 3.05. The van der Waals surface area contributed by atoms with E-state index >= 15 is 0 Å². The maximum absolute atomic E-state index is 13.1. The third-order valence-corrected chi connectivity index (χ3v) is 6.53. The largest absolute Gasteiger partial charge is 0.336 e. The lowest BCUT2D eigenvalue weighted by Crippen LogP contribution is -2.50. The molecule has 0 radical (unpaired) electrons. The third kappa shape index (κ3) is 4.44. The summed E-state index contributed by atoms with van der Waals surface area (Å²) in [7, 11) is 0. The first kappa shape index (κ1) is 20.9. The topological polar surface area (TPSA) is 51.0 Å². The van der Waals surface area contributed by atoms with E-state index in [-0.39, 0.29) is 23.2 Å². The van der Waals surface area contributed by atoms with Gasteiger partial charge in [0, 0.05) is 29.2 Å². The lowest BCUT2D eigenvalue weighted by atomic mass is 9.97. The van der Waals surface area contributed by atoms with Crippen LogP contribution in [0.4, 0.5) is 0 Å². The number of piperidine rings is 1. The van der Waals surface area contributed by atoms with E-state index in [1.807, 2.05) is 41.8 Å². The first-order valence-corrected chi connectivity index (χ1v) is 11.0. The fraction of sp³-hybridized carbons (Fsp3) is 0.476. The van der Waals surface area contributed by atoms with E-state index in [2.05, 4.69) is 35.5 Å². The molecule has 0 spiro atoms. The Bertz CT molecular complexity index is 825. The zero-order valence-corrected chi connectivity index (χ0v) is 18.2. The molecule has 1 aromatic carbocycles. The molecule has 0 aliphatic carbocycles. The van der Waals surface area contributed by atoms with Gasteiger partial charge in [-0.1, -0.05) is 29.4 Å². The number of benzene rings is 1. The lowest BCUT2D eigenvalue weighted by Gasteiger charge is -2.40. The Labute approximate surface area is 176 Å². The van der Waals surface area contributed by atoms with Crippen LogP contribution in [0.1, 0.15) is 40.0 Å². The van der Waals surface area contributed by atoms with Gasteiger partial charge in [0.25, 0.3) is 0 Å². The number of hydrogen-bond donors (Lipinski definition) is 0. The molecule has 0 saturated carbocycles. The minimum atomic E-state index is -0.228. The molecular formula is C21H27ClN4OS. The highest BCUT2D eigenvalue weighted by atomic mass is 35.5. The zero-order chi connectivity index (χ0) is 20.3. The van der Waals surface area contributed by atoms with Crippen LogP contribution in [0.25, 0.3) is 11.4 Å². The molecular weight excluding hydrogens is 392 g/mol. The molecule has 28 heavy (non-hydrogen) atoms. The van der Waals surface area contributed by atoms with Crippen molar-refractivity contribution in [3.8, 4) is 11.4 Å². The second-order valence-electron chi connectivity index (χ2n) is 7.35. The van der Waals surface area contributed by atoms with Crippen molar-refractivity contribution in [1.29, 1.82) is 0 Å². The molecule has 1 saturated heterocycles. The molecule has 1 aliphatic rings. The highest BCUT2D eigenvalue weighted by molar-refractivity contribution is 8.00. The van der Waals surface area contributed by atoms with Crippen LogP contribution in [0, 0.1) is 0 Å². The van der Waals surface area contributed by atoms with Gasteiger partial charge in [0.15, 0.2) is 11.0 Å². The second-order valence-corrected chi connectivity index (χ2v) is 9.09. The lowest BCUT2D eigenvalue weighted by molar-refractivity contribution is -0.136. The van der Waals surface area contributed by atoms with Gasteiger partial charge in [-0.25, -0.2) is 0 Å². The molecule has 5 nitrogen and oxygen atoms in total. The van der Waals surface area contributed by atoms with Crippen LogP contribution in [0.5, 0.6) is 0 Å². The van der Waals surface area contributed by atoms with Gasteiger partial charge in [0.1, 0.15) is 0 Å². The molecule has 1 amide bonds. The Kier molecular flexibility index (Phi) is 6.83. The molecule has 2 heterocycles. The summed E-state index contributed by atoms with van der Waals surface area (Å²) in [6, 6.07) is 8.09. The minimum absolute atomic E-state index is 0.172. The summed E-state index contributed by atoms with van der Waals surface area (Å²) in [6.07, 6.45) is 5.14. The Balaban J connectivity index is 1.82. The van der Waals surface area contributed by atoms with Crippen molar-refractivity contribution in [2.24, 2.45) is 0 Å². The Hall–Kier alpha value is -1.79. The van der Waals surface area contributed by atoms with Gasteiger partial charge < -0.3 is 4.90 Å². The standard InChI is InChI=1S/C21H27ClN4OS/c1-5-13-25-19(17-9-11-18(22)12-10-17)23-24-21(25)28-16(4)20(27)26-14(2)7-6-8-15(26)3/h5,9-12,14-16H,1,6-8,13H2,2-4H3/t14-,15+,16-/m0/s1. The number of carbonyl (C=O) groups is 1. The molecule has 0 N–H and O–H groups in total. The van der Waals surface area contributed by atoms with Gasteiger partial charge in [0.2, 0.25) is 5.91 Å². The van der Waals surface area contributed by atoms with Crippen LogP contribution in [0.15, 0.2) is 42.1 Å². The van der Waals surface area contributed by atoms with Gasteiger partial charge in [-0.15, -0.1) is 16.8 Å². The normalized spacial score (nSPS) is 20.8. The van der Waals surface area contributed by atoms with Crippen LogP contribution in [0.3, 0.4) is 0 Å². The third-order valence-electron chi connectivity index (χ3n) is 5.21. The second kappa shape index (κ2) is 9.14. The van der Waals surface area contributed by atoms with Gasteiger partial charge in [-0.3, -0.25) is 9.36 Å². The highest BCUT2D eigenvalue weighted by Gasteiger charge is 2.32. The van der Waals surface area contributed by atoms with E-state index in [1.54, 1.807) is 0 Å². The molecule has 150 valence electrons. The molecule has 0 unspecified atom stereocenters. The maximum atomic E-state index is 13.1. The summed E-state index contributed by atoms with van der Waals surface area (Å²) in [5.41, 5.74) is 0.933. The van der Waals surface area contributed by atoms with Crippen molar-refractivity contribution in [2.75, 3.05) is 0 Å². The predicted octanol–water partition coefficient (Wildman–Crippen LogP) is 5.05. The summed E-state index contributed by atoms with van der Waals surface area (Å²) < 4.78 is 1.99. The van der Waals surface area contributed by atoms with Crippen molar-refractivity contribution >= 4 is 29.3 Å². The number of halogens is 1. The number of aromatic nitrogens is 3. The number of rotatable bonds is 6. The monoisotopic (exact) mass is 418 g/mol. The number of amides is 1. The van der Waals surface area contributed by atoms with E-state index in [0.717, 1.165) is 29.4 Å². The minimum Gasteiger partial charge on any atom is -0.336 e. The van der Waals surface area contributed by atoms with E-state index in [9.17, 15) is 4.79 Å². The van der Waals surface area contributed by atoms with Gasteiger partial charge >= 0.3 is 0 Å². The smallest absolute Gasteiger partial charge is 0.236 e. The van der Waals surface area contributed by atoms with Gasteiger partial charge in [0.05, 0.1) is 5.25 Å². The number of allylic oxidation sites excluding steroid dienone is 1. The molecule has 3 atom stereocenters. The van der Waals surface area contributed by atoms with Crippen LogP contribution in [0.2, 0.25) is 5.02 Å². The summed E-state index contributed by atoms with van der Waals surface area (Å²) >= 11 is 7.46. The van der Waals surface area contributed by atoms with Crippen molar-refractivity contribution in [3.05, 3.63) is 41.9 Å². The highest BCUT2D eigenvalue weighted by Crippen LogP contribution is 2.31. The average molecular weight is 419 g/mol. The summed E-state index contributed by atoms with van der Waals surface area (Å²) in [5, 5.41) is 9.90. The van der Waals surface area contributed by atoms with E-state index in [4.69, 9.17) is 11.6 Å². The predicted molar refractivity (Wildman–Crippen MR) is 116 cm³/mol. The van der Waals surface area contributed by atoms with Crippen LogP contribution in [-0.2, 0) is 11.3 Å². The van der Waals surface area contributed by atoms with Gasteiger partial charge in [-0.05, 0) is 64.3 Å². The Morgan fingerprint density at radius 2 is 1.93 bits per heavy atom. The Morgan fingerprint density at radius 3 is 2.54 bits per heavy atom. The summed E-state index contributed by atoms with van der Waals surface area (Å²) in [4.78, 5) is 15.2. The molecule has 1 aliphatic heterocycles. The quantitative estimate of drug-likeness (QED) is 0.486. The number of hydrogen-bond acceptors (Lipinski definition) is 4. The van der Waals surface area contributed by atoms with Crippen LogP contribution >= 0.6 is 23.4 Å². The van der Waals surface area contributed by atoms with E-state index in [1.165, 1.54) is 18.2 Å². The molecule has 3 rings (SSSR count). The van der Waals surface area contributed by atoms with E-state index in [0.29, 0.717) is 11.6 Å². The maximum Gasteiger partial charge on any atom is 0.236 e. The number of thioether (sulfide) groups is 1. The van der Waals surface area contributed by atoms with Crippen molar-refractivity contribution in [2.45, 2.75) is 69.1 Å². The first-order valence-electron chi connectivity index (χ1n) is 9.71. The Morgan fingerprint density at radius 1 is 1.29 bits per heavy atom. The fourth-order valence-corrected chi connectivity index (χ4v) is 4.80. The summed E-state index contributed by atoms with van der Waals surface area (Å²) in [6.45, 7) is 10.7. The van der Waals surface area contributed by atoms with Crippen molar-refractivity contribution < 1.29 is 4.79 Å².